The minimum absolute atomic E-state index is 0.174. The summed E-state index contributed by atoms with van der Waals surface area (Å²) in [4.78, 5) is 10.4. The quantitative estimate of drug-likeness (QED) is 0.245. The van der Waals surface area contributed by atoms with E-state index in [-0.39, 0.29) is 12.4 Å². The number of carbonyl (C=O) groups excluding carboxylic acids is 1. The Kier molecular flexibility index (Phi) is 3.43. The fourth-order valence-electron chi connectivity index (χ4n) is 0.327. The highest BCUT2D eigenvalue weighted by molar-refractivity contribution is 5.97. The number of hydrogen-bond acceptors (Lipinski definition) is 4. The summed E-state index contributed by atoms with van der Waals surface area (Å²) in [5.74, 6) is 4.54. The maximum Gasteiger partial charge on any atom is 0.311 e. The summed E-state index contributed by atoms with van der Waals surface area (Å²) in [5, 5.41) is 3.29. The van der Waals surface area contributed by atoms with Crippen LogP contribution in [0.5, 0.6) is 0 Å². The van der Waals surface area contributed by atoms with Gasteiger partial charge in [-0.3, -0.25) is 4.79 Å². The van der Waals surface area contributed by atoms with E-state index in [1.165, 1.54) is 7.11 Å². The van der Waals surface area contributed by atoms with Crippen LogP contribution >= 0.6 is 0 Å². The van der Waals surface area contributed by atoms with Crippen LogP contribution in [0.3, 0.4) is 0 Å². The molecule has 0 aromatic heterocycles. The Morgan fingerprint density at radius 1 is 1.78 bits per heavy atom. The number of hydrazone groups is 1. The molecule has 0 rings (SSSR count). The molecule has 0 unspecified atom stereocenters. The molecular formula is C5H10N2O2. The Morgan fingerprint density at radius 3 is 2.67 bits per heavy atom. The summed E-state index contributed by atoms with van der Waals surface area (Å²) >= 11 is 0. The van der Waals surface area contributed by atoms with Gasteiger partial charge >= 0.3 is 5.97 Å². The topological polar surface area (TPSA) is 64.7 Å². The molecule has 0 aromatic rings. The highest BCUT2D eigenvalue weighted by atomic mass is 16.5. The smallest absolute Gasteiger partial charge is 0.311 e. The standard InChI is InChI=1S/C5H10N2O2/c1-4(7-6)3-5(8)9-2/h3,6H2,1-2H3/b7-4+. The van der Waals surface area contributed by atoms with E-state index in [1.54, 1.807) is 6.92 Å². The van der Waals surface area contributed by atoms with Gasteiger partial charge < -0.3 is 10.6 Å². The van der Waals surface area contributed by atoms with Crippen LogP contribution in [0.2, 0.25) is 0 Å². The molecule has 0 saturated heterocycles. The Labute approximate surface area is 53.7 Å². The second-order valence-electron chi connectivity index (χ2n) is 1.62. The van der Waals surface area contributed by atoms with E-state index >= 15 is 0 Å². The van der Waals surface area contributed by atoms with Gasteiger partial charge in [-0.05, 0) is 6.92 Å². The van der Waals surface area contributed by atoms with E-state index in [0.717, 1.165) is 0 Å². The van der Waals surface area contributed by atoms with Crippen molar-refractivity contribution in [3.05, 3.63) is 0 Å². The summed E-state index contributed by atoms with van der Waals surface area (Å²) in [6, 6.07) is 0. The van der Waals surface area contributed by atoms with Crippen molar-refractivity contribution in [2.75, 3.05) is 7.11 Å². The molecule has 0 saturated carbocycles. The van der Waals surface area contributed by atoms with Crippen molar-refractivity contribution >= 4 is 11.7 Å². The summed E-state index contributed by atoms with van der Waals surface area (Å²) in [6.45, 7) is 1.66. The molecule has 0 bridgehead atoms. The summed E-state index contributed by atoms with van der Waals surface area (Å²) in [5.41, 5.74) is 0.571. The third-order valence-corrected chi connectivity index (χ3v) is 0.848. The van der Waals surface area contributed by atoms with Gasteiger partial charge in [0, 0.05) is 5.71 Å². The van der Waals surface area contributed by atoms with Gasteiger partial charge in [0.15, 0.2) is 0 Å². The molecule has 2 N–H and O–H groups in total. The first-order valence-electron chi connectivity index (χ1n) is 2.51. The Bertz CT molecular complexity index is 131. The first-order valence-corrected chi connectivity index (χ1v) is 2.51. The molecule has 0 aromatic carbocycles. The van der Waals surface area contributed by atoms with Gasteiger partial charge in [0.1, 0.15) is 0 Å². The van der Waals surface area contributed by atoms with E-state index < -0.39 is 0 Å². The van der Waals surface area contributed by atoms with Crippen LogP contribution < -0.4 is 5.84 Å². The maximum absolute atomic E-state index is 10.4. The minimum Gasteiger partial charge on any atom is -0.469 e. The largest absolute Gasteiger partial charge is 0.469 e. The number of carbonyl (C=O) groups is 1. The number of ether oxygens (including phenoxy) is 1. The number of rotatable bonds is 2. The highest BCUT2D eigenvalue weighted by Crippen LogP contribution is 1.85. The number of esters is 1. The van der Waals surface area contributed by atoms with Crippen molar-refractivity contribution in [1.82, 2.24) is 0 Å². The molecule has 52 valence electrons. The van der Waals surface area contributed by atoms with Gasteiger partial charge in [-0.15, -0.1) is 0 Å². The molecule has 0 amide bonds. The molecule has 0 fully saturated rings. The molecule has 0 atom stereocenters. The van der Waals surface area contributed by atoms with Gasteiger partial charge in [-0.1, -0.05) is 0 Å². The molecule has 0 heterocycles. The Hall–Kier alpha value is -1.06. The Balaban J connectivity index is 3.60. The van der Waals surface area contributed by atoms with Crippen molar-refractivity contribution in [3.8, 4) is 0 Å². The second kappa shape index (κ2) is 3.88. The summed E-state index contributed by atoms with van der Waals surface area (Å²) in [6.07, 6.45) is 0.174. The third-order valence-electron chi connectivity index (χ3n) is 0.848. The molecule has 0 radical (unpaired) electrons. The molecule has 0 aliphatic heterocycles. The monoisotopic (exact) mass is 130 g/mol. The zero-order valence-electron chi connectivity index (χ0n) is 5.55. The van der Waals surface area contributed by atoms with Gasteiger partial charge in [0.25, 0.3) is 0 Å². The Morgan fingerprint density at radius 2 is 2.33 bits per heavy atom. The van der Waals surface area contributed by atoms with E-state index in [4.69, 9.17) is 5.84 Å². The first-order chi connectivity index (χ1) is 4.20. The SMILES string of the molecule is COC(=O)C/C(C)=N/N. The highest BCUT2D eigenvalue weighted by Gasteiger charge is 2.00. The van der Waals surface area contributed by atoms with Crippen LogP contribution in [0.1, 0.15) is 13.3 Å². The molecule has 9 heavy (non-hydrogen) atoms. The fraction of sp³-hybridized carbons (Fsp3) is 0.600. The predicted octanol–water partition coefficient (Wildman–Crippen LogP) is -0.116. The van der Waals surface area contributed by atoms with E-state index in [0.29, 0.717) is 5.71 Å². The van der Waals surface area contributed by atoms with Gasteiger partial charge in [0.2, 0.25) is 0 Å². The van der Waals surface area contributed by atoms with Crippen molar-refractivity contribution in [3.63, 3.8) is 0 Å². The van der Waals surface area contributed by atoms with Crippen molar-refractivity contribution < 1.29 is 9.53 Å². The van der Waals surface area contributed by atoms with E-state index in [9.17, 15) is 4.79 Å². The fourth-order valence-corrected chi connectivity index (χ4v) is 0.327. The van der Waals surface area contributed by atoms with Crippen LogP contribution in [0, 0.1) is 0 Å². The molecule has 0 spiro atoms. The first kappa shape index (κ1) is 7.94. The lowest BCUT2D eigenvalue weighted by atomic mass is 10.3. The van der Waals surface area contributed by atoms with Crippen LogP contribution in [0.25, 0.3) is 0 Å². The molecule has 0 aliphatic carbocycles. The number of nitrogens with two attached hydrogens (primary N) is 1. The average Bonchev–Trinajstić information content (AvgIpc) is 1.87. The molecule has 4 heteroatoms. The molecule has 4 nitrogen and oxygen atoms in total. The van der Waals surface area contributed by atoms with Crippen LogP contribution in [-0.4, -0.2) is 18.8 Å². The third kappa shape index (κ3) is 3.52. The van der Waals surface area contributed by atoms with Crippen LogP contribution in [-0.2, 0) is 9.53 Å². The van der Waals surface area contributed by atoms with Crippen molar-refractivity contribution in [2.45, 2.75) is 13.3 Å². The predicted molar refractivity (Wildman–Crippen MR) is 33.9 cm³/mol. The van der Waals surface area contributed by atoms with Gasteiger partial charge in [0.05, 0.1) is 13.5 Å². The van der Waals surface area contributed by atoms with Crippen molar-refractivity contribution in [2.24, 2.45) is 10.9 Å². The zero-order valence-corrected chi connectivity index (χ0v) is 5.55. The summed E-state index contributed by atoms with van der Waals surface area (Å²) in [7, 11) is 1.33. The number of methoxy groups -OCH3 is 1. The normalized spacial score (nSPS) is 11.1. The second-order valence-corrected chi connectivity index (χ2v) is 1.62. The van der Waals surface area contributed by atoms with Crippen LogP contribution in [0.15, 0.2) is 5.10 Å². The average molecular weight is 130 g/mol. The molecular weight excluding hydrogens is 120 g/mol. The van der Waals surface area contributed by atoms with Crippen molar-refractivity contribution in [1.29, 1.82) is 0 Å². The maximum atomic E-state index is 10.4. The van der Waals surface area contributed by atoms with Crippen LogP contribution in [0.4, 0.5) is 0 Å². The summed E-state index contributed by atoms with van der Waals surface area (Å²) < 4.78 is 4.35. The van der Waals surface area contributed by atoms with E-state index in [1.807, 2.05) is 0 Å². The molecule has 0 aliphatic rings. The number of hydrogen-bond donors (Lipinski definition) is 1. The lowest BCUT2D eigenvalue weighted by Crippen LogP contribution is -2.07. The lowest BCUT2D eigenvalue weighted by molar-refractivity contribution is -0.139. The number of nitrogens with zero attached hydrogens (tertiary/aromatic N) is 1. The zero-order chi connectivity index (χ0) is 7.28. The van der Waals surface area contributed by atoms with Gasteiger partial charge in [-0.2, -0.15) is 5.10 Å². The minimum atomic E-state index is -0.318. The lowest BCUT2D eigenvalue weighted by Gasteiger charge is -1.94. The van der Waals surface area contributed by atoms with E-state index in [2.05, 4.69) is 9.84 Å². The van der Waals surface area contributed by atoms with Gasteiger partial charge in [-0.25, -0.2) is 0 Å².